The minimum absolute atomic E-state index is 0.264. The summed E-state index contributed by atoms with van der Waals surface area (Å²) in [6, 6.07) is 0.282. The van der Waals surface area contributed by atoms with E-state index >= 15 is 0 Å². The van der Waals surface area contributed by atoms with Crippen molar-refractivity contribution in [3.8, 4) is 0 Å². The van der Waals surface area contributed by atoms with Gasteiger partial charge in [-0.15, -0.1) is 0 Å². The van der Waals surface area contributed by atoms with Gasteiger partial charge in [0.1, 0.15) is 0 Å². The molecule has 2 rings (SSSR count). The highest BCUT2D eigenvalue weighted by Crippen LogP contribution is 2.23. The molecule has 1 atom stereocenters. The van der Waals surface area contributed by atoms with Crippen LogP contribution in [0.1, 0.15) is 38.5 Å². The molecule has 1 heterocycles. The molecule has 0 aromatic rings. The van der Waals surface area contributed by atoms with Crippen molar-refractivity contribution in [1.29, 1.82) is 0 Å². The first-order valence-electron chi connectivity index (χ1n) is 5.74. The SMILES string of the molecule is O=C(NC1CCOC1)C1CCCCC1. The van der Waals surface area contributed by atoms with Gasteiger partial charge in [-0.2, -0.15) is 0 Å². The molecule has 2 aliphatic rings. The molecule has 2 fully saturated rings. The molecule has 1 saturated heterocycles. The first kappa shape index (κ1) is 9.97. The number of rotatable bonds is 2. The Morgan fingerprint density at radius 3 is 2.57 bits per heavy atom. The Labute approximate surface area is 85.2 Å². The fourth-order valence-electron chi connectivity index (χ4n) is 2.33. The lowest BCUT2D eigenvalue weighted by molar-refractivity contribution is -0.126. The fourth-order valence-corrected chi connectivity index (χ4v) is 2.33. The van der Waals surface area contributed by atoms with Crippen LogP contribution in [0.3, 0.4) is 0 Å². The van der Waals surface area contributed by atoms with Gasteiger partial charge >= 0.3 is 0 Å². The zero-order valence-electron chi connectivity index (χ0n) is 8.63. The number of amides is 1. The van der Waals surface area contributed by atoms with E-state index in [0.29, 0.717) is 6.61 Å². The predicted molar refractivity (Wildman–Crippen MR) is 53.9 cm³/mol. The minimum atomic E-state index is 0.264. The maximum atomic E-state index is 11.8. The van der Waals surface area contributed by atoms with Crippen LogP contribution in [0.5, 0.6) is 0 Å². The van der Waals surface area contributed by atoms with Gasteiger partial charge in [0, 0.05) is 12.5 Å². The van der Waals surface area contributed by atoms with Crippen LogP contribution in [-0.4, -0.2) is 25.2 Å². The lowest BCUT2D eigenvalue weighted by Crippen LogP contribution is -2.39. The smallest absolute Gasteiger partial charge is 0.223 e. The summed E-state index contributed by atoms with van der Waals surface area (Å²) in [5.74, 6) is 0.546. The van der Waals surface area contributed by atoms with Crippen molar-refractivity contribution in [3.63, 3.8) is 0 Å². The van der Waals surface area contributed by atoms with Crippen molar-refractivity contribution in [2.75, 3.05) is 13.2 Å². The Morgan fingerprint density at radius 2 is 1.93 bits per heavy atom. The monoisotopic (exact) mass is 197 g/mol. The summed E-state index contributed by atoms with van der Waals surface area (Å²) in [7, 11) is 0. The van der Waals surface area contributed by atoms with Crippen molar-refractivity contribution >= 4 is 5.91 Å². The van der Waals surface area contributed by atoms with Gasteiger partial charge < -0.3 is 10.1 Å². The number of hydrogen-bond donors (Lipinski definition) is 1. The van der Waals surface area contributed by atoms with Crippen molar-refractivity contribution < 1.29 is 9.53 Å². The fraction of sp³-hybridized carbons (Fsp3) is 0.909. The summed E-state index contributed by atoms with van der Waals surface area (Å²) in [6.45, 7) is 1.51. The van der Waals surface area contributed by atoms with E-state index in [9.17, 15) is 4.79 Å². The van der Waals surface area contributed by atoms with Crippen LogP contribution >= 0.6 is 0 Å². The van der Waals surface area contributed by atoms with Crippen LogP contribution in [-0.2, 0) is 9.53 Å². The largest absolute Gasteiger partial charge is 0.379 e. The Bertz CT molecular complexity index is 193. The molecule has 14 heavy (non-hydrogen) atoms. The molecule has 1 aliphatic carbocycles. The number of hydrogen-bond acceptors (Lipinski definition) is 2. The molecule has 1 N–H and O–H groups in total. The lowest BCUT2D eigenvalue weighted by Gasteiger charge is -2.22. The van der Waals surface area contributed by atoms with E-state index < -0.39 is 0 Å². The Morgan fingerprint density at radius 1 is 1.14 bits per heavy atom. The number of nitrogens with one attached hydrogen (secondary N) is 1. The summed E-state index contributed by atoms with van der Waals surface area (Å²) >= 11 is 0. The summed E-state index contributed by atoms with van der Waals surface area (Å²) in [4.78, 5) is 11.8. The standard InChI is InChI=1S/C11H19NO2/c13-11(9-4-2-1-3-5-9)12-10-6-7-14-8-10/h9-10H,1-8H2,(H,12,13). The molecule has 3 heteroatoms. The van der Waals surface area contributed by atoms with Gasteiger partial charge in [0.25, 0.3) is 0 Å². The van der Waals surface area contributed by atoms with Crippen LogP contribution in [0.25, 0.3) is 0 Å². The Hall–Kier alpha value is -0.570. The molecule has 3 nitrogen and oxygen atoms in total. The molecule has 0 spiro atoms. The zero-order chi connectivity index (χ0) is 9.80. The second-order valence-electron chi connectivity index (χ2n) is 4.40. The van der Waals surface area contributed by atoms with Crippen molar-refractivity contribution in [3.05, 3.63) is 0 Å². The van der Waals surface area contributed by atoms with Crippen molar-refractivity contribution in [2.24, 2.45) is 5.92 Å². The van der Waals surface area contributed by atoms with Crippen molar-refractivity contribution in [2.45, 2.75) is 44.6 Å². The summed E-state index contributed by atoms with van der Waals surface area (Å²) in [5, 5.41) is 3.08. The third-order valence-corrected chi connectivity index (χ3v) is 3.25. The average molecular weight is 197 g/mol. The molecule has 80 valence electrons. The second kappa shape index (κ2) is 4.78. The Balaban J connectivity index is 1.75. The van der Waals surface area contributed by atoms with E-state index in [4.69, 9.17) is 4.74 Å². The summed E-state index contributed by atoms with van der Waals surface area (Å²) in [5.41, 5.74) is 0. The molecule has 0 radical (unpaired) electrons. The molecule has 0 bridgehead atoms. The van der Waals surface area contributed by atoms with Crippen LogP contribution in [0.15, 0.2) is 0 Å². The number of ether oxygens (including phenoxy) is 1. The maximum absolute atomic E-state index is 11.8. The average Bonchev–Trinajstić information content (AvgIpc) is 2.72. The Kier molecular flexibility index (Phi) is 3.40. The maximum Gasteiger partial charge on any atom is 0.223 e. The van der Waals surface area contributed by atoms with Gasteiger partial charge in [-0.05, 0) is 19.3 Å². The molecule has 1 saturated carbocycles. The minimum Gasteiger partial charge on any atom is -0.379 e. The normalized spacial score (nSPS) is 29.0. The number of carbonyl (C=O) groups is 1. The van der Waals surface area contributed by atoms with E-state index in [1.807, 2.05) is 0 Å². The lowest BCUT2D eigenvalue weighted by atomic mass is 9.88. The zero-order valence-corrected chi connectivity index (χ0v) is 8.63. The van der Waals surface area contributed by atoms with Gasteiger partial charge in [-0.1, -0.05) is 19.3 Å². The summed E-state index contributed by atoms with van der Waals surface area (Å²) < 4.78 is 5.23. The quantitative estimate of drug-likeness (QED) is 0.728. The molecular formula is C11H19NO2. The third-order valence-electron chi connectivity index (χ3n) is 3.25. The van der Waals surface area contributed by atoms with E-state index in [2.05, 4.69) is 5.32 Å². The first-order chi connectivity index (χ1) is 6.86. The van der Waals surface area contributed by atoms with Gasteiger partial charge in [0.05, 0.1) is 12.6 Å². The second-order valence-corrected chi connectivity index (χ2v) is 4.40. The van der Waals surface area contributed by atoms with Gasteiger partial charge in [-0.3, -0.25) is 4.79 Å². The van der Waals surface area contributed by atoms with Crippen LogP contribution in [0, 0.1) is 5.92 Å². The van der Waals surface area contributed by atoms with Crippen LogP contribution < -0.4 is 5.32 Å². The van der Waals surface area contributed by atoms with E-state index in [-0.39, 0.29) is 17.9 Å². The molecule has 0 aromatic carbocycles. The predicted octanol–water partition coefficient (Wildman–Crippen LogP) is 1.47. The van der Waals surface area contributed by atoms with Crippen LogP contribution in [0.2, 0.25) is 0 Å². The molecule has 1 amide bonds. The topological polar surface area (TPSA) is 38.3 Å². The molecule has 1 unspecified atom stereocenters. The van der Waals surface area contributed by atoms with E-state index in [1.54, 1.807) is 0 Å². The molecular weight excluding hydrogens is 178 g/mol. The highest BCUT2D eigenvalue weighted by Gasteiger charge is 2.24. The van der Waals surface area contributed by atoms with E-state index in [0.717, 1.165) is 25.9 Å². The van der Waals surface area contributed by atoms with E-state index in [1.165, 1.54) is 19.3 Å². The molecule has 1 aliphatic heterocycles. The van der Waals surface area contributed by atoms with Gasteiger partial charge in [0.2, 0.25) is 5.91 Å². The van der Waals surface area contributed by atoms with Gasteiger partial charge in [-0.25, -0.2) is 0 Å². The van der Waals surface area contributed by atoms with Crippen LogP contribution in [0.4, 0.5) is 0 Å². The van der Waals surface area contributed by atoms with Crippen molar-refractivity contribution in [1.82, 2.24) is 5.32 Å². The third kappa shape index (κ3) is 2.47. The summed E-state index contributed by atoms with van der Waals surface area (Å²) in [6.07, 6.45) is 6.89. The molecule has 0 aromatic heterocycles. The first-order valence-corrected chi connectivity index (χ1v) is 5.74. The highest BCUT2D eigenvalue weighted by molar-refractivity contribution is 5.79. The highest BCUT2D eigenvalue weighted by atomic mass is 16.5. The number of carbonyl (C=O) groups excluding carboxylic acids is 1. The van der Waals surface area contributed by atoms with Gasteiger partial charge in [0.15, 0.2) is 0 Å².